The number of nitro groups is 2. The molecule has 0 saturated heterocycles. The molecule has 0 radical (unpaired) electrons. The fourth-order valence-electron chi connectivity index (χ4n) is 2.00. The zero-order chi connectivity index (χ0) is 16.3. The number of carbonyl (C=O) groups excluding carboxylic acids is 2. The molecular formula is C14H8N2O6. The third-order valence-electron chi connectivity index (χ3n) is 3.00. The van der Waals surface area contributed by atoms with Gasteiger partial charge >= 0.3 is 0 Å². The lowest BCUT2D eigenvalue weighted by Crippen LogP contribution is -1.98. The molecule has 22 heavy (non-hydrogen) atoms. The van der Waals surface area contributed by atoms with Gasteiger partial charge in [0.05, 0.1) is 21.0 Å². The molecular weight excluding hydrogens is 292 g/mol. The number of nitro benzene ring substituents is 2. The quantitative estimate of drug-likeness (QED) is 0.475. The number of nitrogens with zero attached hydrogens (tertiary/aromatic N) is 2. The topological polar surface area (TPSA) is 120 Å². The molecule has 0 fully saturated rings. The van der Waals surface area contributed by atoms with Gasteiger partial charge in [-0.25, -0.2) is 0 Å². The van der Waals surface area contributed by atoms with Crippen molar-refractivity contribution in [1.29, 1.82) is 0 Å². The lowest BCUT2D eigenvalue weighted by atomic mass is 9.99. The van der Waals surface area contributed by atoms with Gasteiger partial charge in [-0.05, 0) is 12.1 Å². The van der Waals surface area contributed by atoms with Crippen LogP contribution in [0.25, 0.3) is 11.1 Å². The highest BCUT2D eigenvalue weighted by molar-refractivity contribution is 5.87. The monoisotopic (exact) mass is 300 g/mol. The summed E-state index contributed by atoms with van der Waals surface area (Å²) in [4.78, 5) is 42.3. The molecule has 0 bridgehead atoms. The zero-order valence-corrected chi connectivity index (χ0v) is 11.0. The Kier molecular flexibility index (Phi) is 4.03. The minimum absolute atomic E-state index is 0.000232. The third-order valence-corrected chi connectivity index (χ3v) is 3.00. The van der Waals surface area contributed by atoms with E-state index in [1.807, 2.05) is 0 Å². The van der Waals surface area contributed by atoms with Crippen molar-refractivity contribution in [3.8, 4) is 11.1 Å². The van der Waals surface area contributed by atoms with Crippen LogP contribution in [-0.4, -0.2) is 22.4 Å². The van der Waals surface area contributed by atoms with Crippen LogP contribution in [0, 0.1) is 20.2 Å². The van der Waals surface area contributed by atoms with Crippen LogP contribution in [0.4, 0.5) is 11.4 Å². The Labute approximate surface area is 123 Å². The van der Waals surface area contributed by atoms with Crippen LogP contribution in [0.1, 0.15) is 20.7 Å². The largest absolute Gasteiger partial charge is 0.298 e. The van der Waals surface area contributed by atoms with Crippen molar-refractivity contribution in [2.75, 3.05) is 0 Å². The Balaban J connectivity index is 2.76. The number of rotatable bonds is 5. The first-order valence-corrected chi connectivity index (χ1v) is 5.95. The Morgan fingerprint density at radius 1 is 0.727 bits per heavy atom. The number of benzene rings is 2. The standard InChI is InChI=1S/C14H8N2O6/c17-7-9-1-3-11(13(5-9)15(19)20)12-4-2-10(8-18)6-14(12)16(21)22/h1-8H. The molecule has 2 rings (SSSR count). The summed E-state index contributed by atoms with van der Waals surface area (Å²) in [5.41, 5.74) is -0.678. The van der Waals surface area contributed by atoms with Crippen LogP contribution in [0.5, 0.6) is 0 Å². The van der Waals surface area contributed by atoms with Crippen molar-refractivity contribution in [1.82, 2.24) is 0 Å². The summed E-state index contributed by atoms with van der Waals surface area (Å²) in [6.07, 6.45) is 0.890. The fourth-order valence-corrected chi connectivity index (χ4v) is 2.00. The molecule has 0 spiro atoms. The first kappa shape index (κ1) is 15.0. The van der Waals surface area contributed by atoms with Crippen LogP contribution < -0.4 is 0 Å². The van der Waals surface area contributed by atoms with E-state index in [4.69, 9.17) is 0 Å². The summed E-state index contributed by atoms with van der Waals surface area (Å²) in [6.45, 7) is 0. The molecule has 0 heterocycles. The highest BCUT2D eigenvalue weighted by atomic mass is 16.6. The molecule has 0 atom stereocenters. The number of hydrogen-bond acceptors (Lipinski definition) is 6. The Morgan fingerprint density at radius 2 is 1.09 bits per heavy atom. The van der Waals surface area contributed by atoms with Gasteiger partial charge < -0.3 is 0 Å². The maximum absolute atomic E-state index is 11.1. The van der Waals surface area contributed by atoms with E-state index in [9.17, 15) is 29.8 Å². The van der Waals surface area contributed by atoms with Crippen LogP contribution in [0.2, 0.25) is 0 Å². The number of carbonyl (C=O) groups is 2. The Morgan fingerprint density at radius 3 is 1.36 bits per heavy atom. The van der Waals surface area contributed by atoms with E-state index in [1.165, 1.54) is 24.3 Å². The second-order valence-corrected chi connectivity index (χ2v) is 4.30. The summed E-state index contributed by atoms with van der Waals surface area (Å²) in [5.74, 6) is 0. The lowest BCUT2D eigenvalue weighted by Gasteiger charge is -2.05. The van der Waals surface area contributed by atoms with Gasteiger partial charge in [-0.3, -0.25) is 29.8 Å². The summed E-state index contributed by atoms with van der Waals surface area (Å²) in [6, 6.07) is 7.27. The molecule has 8 heteroatoms. The van der Waals surface area contributed by atoms with Crippen LogP contribution in [0.3, 0.4) is 0 Å². The van der Waals surface area contributed by atoms with Crippen molar-refractivity contribution in [3.05, 3.63) is 67.8 Å². The maximum Gasteiger partial charge on any atom is 0.278 e. The van der Waals surface area contributed by atoms with Crippen molar-refractivity contribution >= 4 is 23.9 Å². The molecule has 0 amide bonds. The molecule has 2 aromatic rings. The Hall–Kier alpha value is -3.42. The molecule has 0 aliphatic carbocycles. The molecule has 0 aliphatic rings. The second-order valence-electron chi connectivity index (χ2n) is 4.30. The van der Waals surface area contributed by atoms with Gasteiger partial charge in [0.15, 0.2) is 0 Å². The van der Waals surface area contributed by atoms with E-state index in [0.717, 1.165) is 12.1 Å². The first-order chi connectivity index (χ1) is 10.5. The van der Waals surface area contributed by atoms with Crippen molar-refractivity contribution in [2.24, 2.45) is 0 Å². The van der Waals surface area contributed by atoms with E-state index < -0.39 is 21.2 Å². The van der Waals surface area contributed by atoms with Crippen LogP contribution in [-0.2, 0) is 0 Å². The average Bonchev–Trinajstić information content (AvgIpc) is 2.53. The molecule has 8 nitrogen and oxygen atoms in total. The SMILES string of the molecule is O=Cc1ccc(-c2ccc(C=O)cc2[N+](=O)[O-])c([N+](=O)[O-])c1. The molecule has 110 valence electrons. The second kappa shape index (κ2) is 5.92. The highest BCUT2D eigenvalue weighted by Gasteiger charge is 2.23. The van der Waals surface area contributed by atoms with Gasteiger partial charge in [0.2, 0.25) is 0 Å². The van der Waals surface area contributed by atoms with Gasteiger partial charge in [0, 0.05) is 23.3 Å². The molecule has 0 unspecified atom stereocenters. The molecule has 0 saturated carbocycles. The van der Waals surface area contributed by atoms with Crippen LogP contribution >= 0.6 is 0 Å². The van der Waals surface area contributed by atoms with Crippen LogP contribution in [0.15, 0.2) is 36.4 Å². The predicted molar refractivity (Wildman–Crippen MR) is 76.0 cm³/mol. The normalized spacial score (nSPS) is 10.0. The smallest absolute Gasteiger partial charge is 0.278 e. The summed E-state index contributed by atoms with van der Waals surface area (Å²) in [7, 11) is 0. The van der Waals surface area contributed by atoms with Gasteiger partial charge in [-0.1, -0.05) is 12.1 Å². The zero-order valence-electron chi connectivity index (χ0n) is 11.0. The molecule has 0 aromatic heterocycles. The van der Waals surface area contributed by atoms with Crippen molar-refractivity contribution in [2.45, 2.75) is 0 Å². The van der Waals surface area contributed by atoms with Gasteiger partial charge in [-0.15, -0.1) is 0 Å². The summed E-state index contributed by atoms with van der Waals surface area (Å²) < 4.78 is 0. The van der Waals surface area contributed by atoms with Crippen molar-refractivity contribution < 1.29 is 19.4 Å². The van der Waals surface area contributed by atoms with E-state index in [-0.39, 0.29) is 22.3 Å². The third kappa shape index (κ3) is 2.70. The van der Waals surface area contributed by atoms with Gasteiger partial charge in [0.1, 0.15) is 12.6 Å². The fraction of sp³-hybridized carbons (Fsp3) is 0. The minimum atomic E-state index is -0.723. The molecule has 0 aliphatic heterocycles. The minimum Gasteiger partial charge on any atom is -0.298 e. The molecule has 2 aromatic carbocycles. The van der Waals surface area contributed by atoms with E-state index >= 15 is 0 Å². The molecule has 0 N–H and O–H groups in total. The highest BCUT2D eigenvalue weighted by Crippen LogP contribution is 2.36. The van der Waals surface area contributed by atoms with Gasteiger partial charge in [-0.2, -0.15) is 0 Å². The van der Waals surface area contributed by atoms with E-state index in [2.05, 4.69) is 0 Å². The predicted octanol–water partition coefficient (Wildman–Crippen LogP) is 2.80. The lowest BCUT2D eigenvalue weighted by molar-refractivity contribution is -0.386. The summed E-state index contributed by atoms with van der Waals surface area (Å²) in [5, 5.41) is 22.3. The Bertz CT molecular complexity index is 732. The number of hydrogen-bond donors (Lipinski definition) is 0. The first-order valence-electron chi connectivity index (χ1n) is 5.95. The van der Waals surface area contributed by atoms with E-state index in [0.29, 0.717) is 12.6 Å². The van der Waals surface area contributed by atoms with Crippen molar-refractivity contribution in [3.63, 3.8) is 0 Å². The van der Waals surface area contributed by atoms with E-state index in [1.54, 1.807) is 0 Å². The number of aldehydes is 2. The summed E-state index contributed by atoms with van der Waals surface area (Å²) >= 11 is 0. The van der Waals surface area contributed by atoms with Gasteiger partial charge in [0.25, 0.3) is 11.4 Å². The maximum atomic E-state index is 11.1. The average molecular weight is 300 g/mol.